The second-order valence-corrected chi connectivity index (χ2v) is 4.00. The summed E-state index contributed by atoms with van der Waals surface area (Å²) in [7, 11) is 2.69. The molecule has 0 unspecified atom stereocenters. The van der Waals surface area contributed by atoms with Crippen LogP contribution < -0.4 is 20.9 Å². The van der Waals surface area contributed by atoms with Gasteiger partial charge in [0.05, 0.1) is 19.9 Å². The lowest BCUT2D eigenvalue weighted by atomic mass is 10.1. The Morgan fingerprint density at radius 3 is 2.48 bits per heavy atom. The number of nitrogen functional groups attached to an aromatic ring is 2. The van der Waals surface area contributed by atoms with Gasteiger partial charge in [-0.2, -0.15) is 10.2 Å². The van der Waals surface area contributed by atoms with Crippen LogP contribution in [0.2, 0.25) is 0 Å². The number of ether oxygens (including phenoxy) is 2. The molecule has 0 saturated heterocycles. The number of nitrogens with two attached hydrogens (primary N) is 2. The smallest absolute Gasteiger partial charge is 0.222 e. The van der Waals surface area contributed by atoms with E-state index in [1.165, 1.54) is 20.3 Å². The standard InChI is InChI=1S/C13H12FN5O2/c1-20-9-4-6(3-8(14)11(9)21-2)10-7(5-15)12(16)19-13(17)18-10/h3-4H,1-2H3,(H4,16,17,18,19). The molecule has 0 fully saturated rings. The first-order valence-corrected chi connectivity index (χ1v) is 5.76. The van der Waals surface area contributed by atoms with Gasteiger partial charge in [0, 0.05) is 5.56 Å². The zero-order valence-electron chi connectivity index (χ0n) is 11.3. The summed E-state index contributed by atoms with van der Waals surface area (Å²) >= 11 is 0. The van der Waals surface area contributed by atoms with Crippen molar-refractivity contribution in [3.05, 3.63) is 23.5 Å². The van der Waals surface area contributed by atoms with Crippen LogP contribution in [0.3, 0.4) is 0 Å². The van der Waals surface area contributed by atoms with Crippen molar-refractivity contribution < 1.29 is 13.9 Å². The van der Waals surface area contributed by atoms with Gasteiger partial charge >= 0.3 is 0 Å². The topological polar surface area (TPSA) is 120 Å². The van der Waals surface area contributed by atoms with E-state index in [1.54, 1.807) is 0 Å². The number of nitriles is 1. The summed E-state index contributed by atoms with van der Waals surface area (Å²) in [6.45, 7) is 0. The largest absolute Gasteiger partial charge is 0.493 e. The Morgan fingerprint density at radius 2 is 1.90 bits per heavy atom. The van der Waals surface area contributed by atoms with Crippen LogP contribution in [0.25, 0.3) is 11.3 Å². The Bertz CT molecular complexity index is 742. The molecule has 21 heavy (non-hydrogen) atoms. The summed E-state index contributed by atoms with van der Waals surface area (Å²) in [6, 6.07) is 4.51. The van der Waals surface area contributed by atoms with Crippen molar-refractivity contribution >= 4 is 11.8 Å². The van der Waals surface area contributed by atoms with E-state index in [2.05, 4.69) is 9.97 Å². The zero-order chi connectivity index (χ0) is 15.6. The van der Waals surface area contributed by atoms with E-state index in [4.69, 9.17) is 26.2 Å². The monoisotopic (exact) mass is 289 g/mol. The Labute approximate surface area is 119 Å². The number of hydrogen-bond acceptors (Lipinski definition) is 7. The fraction of sp³-hybridized carbons (Fsp3) is 0.154. The number of halogens is 1. The fourth-order valence-corrected chi connectivity index (χ4v) is 1.87. The van der Waals surface area contributed by atoms with Crippen LogP contribution >= 0.6 is 0 Å². The number of nitrogens with zero attached hydrogens (tertiary/aromatic N) is 3. The molecule has 0 amide bonds. The molecule has 1 aromatic carbocycles. The Morgan fingerprint density at radius 1 is 1.19 bits per heavy atom. The van der Waals surface area contributed by atoms with Crippen molar-refractivity contribution in [1.82, 2.24) is 9.97 Å². The third kappa shape index (κ3) is 2.49. The van der Waals surface area contributed by atoms with Crippen molar-refractivity contribution in [1.29, 1.82) is 5.26 Å². The molecular formula is C13H12FN5O2. The van der Waals surface area contributed by atoms with Gasteiger partial charge in [-0.3, -0.25) is 0 Å². The van der Waals surface area contributed by atoms with Crippen LogP contribution in [0, 0.1) is 17.1 Å². The minimum absolute atomic E-state index is 0.0100. The first-order chi connectivity index (χ1) is 10.0. The normalized spacial score (nSPS) is 10.0. The van der Waals surface area contributed by atoms with Gasteiger partial charge < -0.3 is 20.9 Å². The van der Waals surface area contributed by atoms with Gasteiger partial charge in [0.15, 0.2) is 17.3 Å². The minimum atomic E-state index is -0.661. The molecule has 1 heterocycles. The molecular weight excluding hydrogens is 277 g/mol. The summed E-state index contributed by atoms with van der Waals surface area (Å²) in [6.07, 6.45) is 0. The van der Waals surface area contributed by atoms with Gasteiger partial charge in [-0.15, -0.1) is 0 Å². The third-order valence-electron chi connectivity index (χ3n) is 2.77. The highest BCUT2D eigenvalue weighted by Crippen LogP contribution is 2.36. The zero-order valence-corrected chi connectivity index (χ0v) is 11.3. The number of hydrogen-bond donors (Lipinski definition) is 2. The molecule has 0 saturated carbocycles. The average molecular weight is 289 g/mol. The molecule has 1 aromatic heterocycles. The predicted molar refractivity (Wildman–Crippen MR) is 74.1 cm³/mol. The number of anilines is 2. The predicted octanol–water partition coefficient (Wildman–Crippen LogP) is 1.34. The third-order valence-corrected chi connectivity index (χ3v) is 2.77. The molecule has 0 aliphatic carbocycles. The van der Waals surface area contributed by atoms with Gasteiger partial charge in [0.25, 0.3) is 0 Å². The number of rotatable bonds is 3. The highest BCUT2D eigenvalue weighted by atomic mass is 19.1. The highest BCUT2D eigenvalue weighted by Gasteiger charge is 2.18. The van der Waals surface area contributed by atoms with E-state index < -0.39 is 5.82 Å². The summed E-state index contributed by atoms with van der Waals surface area (Å²) in [5.74, 6) is -0.736. The maximum Gasteiger partial charge on any atom is 0.222 e. The van der Waals surface area contributed by atoms with Crippen LogP contribution in [0.15, 0.2) is 12.1 Å². The summed E-state index contributed by atoms with van der Waals surface area (Å²) in [4.78, 5) is 7.65. The van der Waals surface area contributed by atoms with E-state index in [9.17, 15) is 4.39 Å². The van der Waals surface area contributed by atoms with Crippen LogP contribution in [0.4, 0.5) is 16.2 Å². The van der Waals surface area contributed by atoms with E-state index in [-0.39, 0.29) is 40.1 Å². The van der Waals surface area contributed by atoms with Crippen molar-refractivity contribution in [2.45, 2.75) is 0 Å². The van der Waals surface area contributed by atoms with Gasteiger partial charge in [0.2, 0.25) is 5.95 Å². The second-order valence-electron chi connectivity index (χ2n) is 4.00. The molecule has 0 radical (unpaired) electrons. The van der Waals surface area contributed by atoms with Gasteiger partial charge in [-0.1, -0.05) is 0 Å². The molecule has 0 atom stereocenters. The van der Waals surface area contributed by atoms with Crippen LogP contribution in [0.1, 0.15) is 5.56 Å². The molecule has 2 rings (SSSR count). The Kier molecular flexibility index (Phi) is 3.75. The van der Waals surface area contributed by atoms with Gasteiger partial charge in [-0.05, 0) is 12.1 Å². The van der Waals surface area contributed by atoms with Gasteiger partial charge in [-0.25, -0.2) is 9.37 Å². The lowest BCUT2D eigenvalue weighted by Crippen LogP contribution is -2.05. The minimum Gasteiger partial charge on any atom is -0.493 e. The van der Waals surface area contributed by atoms with E-state index >= 15 is 0 Å². The van der Waals surface area contributed by atoms with E-state index in [0.717, 1.165) is 6.07 Å². The SMILES string of the molecule is COc1cc(-c2nc(N)nc(N)c2C#N)cc(F)c1OC. The first-order valence-electron chi connectivity index (χ1n) is 5.76. The lowest BCUT2D eigenvalue weighted by molar-refractivity contribution is 0.338. The highest BCUT2D eigenvalue weighted by molar-refractivity contribution is 5.74. The van der Waals surface area contributed by atoms with Crippen molar-refractivity contribution in [2.75, 3.05) is 25.7 Å². The molecule has 0 bridgehead atoms. The molecule has 2 aromatic rings. The van der Waals surface area contributed by atoms with Crippen molar-refractivity contribution in [3.8, 4) is 28.8 Å². The second kappa shape index (κ2) is 5.50. The summed E-state index contributed by atoms with van der Waals surface area (Å²) < 4.78 is 24.0. The van der Waals surface area contributed by atoms with Crippen molar-refractivity contribution in [3.63, 3.8) is 0 Å². The summed E-state index contributed by atoms with van der Waals surface area (Å²) in [5.41, 5.74) is 11.6. The molecule has 4 N–H and O–H groups in total. The fourth-order valence-electron chi connectivity index (χ4n) is 1.87. The van der Waals surface area contributed by atoms with E-state index in [0.29, 0.717) is 0 Å². The van der Waals surface area contributed by atoms with Crippen molar-refractivity contribution in [2.24, 2.45) is 0 Å². The Hall–Kier alpha value is -3.08. The Balaban J connectivity index is 2.74. The van der Waals surface area contributed by atoms with Crippen LogP contribution in [-0.4, -0.2) is 24.2 Å². The van der Waals surface area contributed by atoms with Crippen LogP contribution in [0.5, 0.6) is 11.5 Å². The lowest BCUT2D eigenvalue weighted by Gasteiger charge is -2.12. The molecule has 0 spiro atoms. The number of methoxy groups -OCH3 is 2. The first kappa shape index (κ1) is 14.3. The summed E-state index contributed by atoms with van der Waals surface area (Å²) in [5, 5.41) is 9.15. The molecule has 7 nitrogen and oxygen atoms in total. The van der Waals surface area contributed by atoms with Gasteiger partial charge in [0.1, 0.15) is 17.5 Å². The quantitative estimate of drug-likeness (QED) is 0.874. The average Bonchev–Trinajstić information content (AvgIpc) is 2.45. The molecule has 0 aliphatic rings. The van der Waals surface area contributed by atoms with E-state index in [1.807, 2.05) is 6.07 Å². The maximum atomic E-state index is 14.0. The van der Waals surface area contributed by atoms with Crippen LogP contribution in [-0.2, 0) is 0 Å². The number of benzene rings is 1. The number of aromatic nitrogens is 2. The molecule has 8 heteroatoms. The maximum absolute atomic E-state index is 14.0. The molecule has 108 valence electrons. The molecule has 0 aliphatic heterocycles.